The lowest BCUT2D eigenvalue weighted by Gasteiger charge is -2.31. The monoisotopic (exact) mass is 349 g/mol. The molecule has 0 fully saturated rings. The summed E-state index contributed by atoms with van der Waals surface area (Å²) in [6, 6.07) is 5.69. The van der Waals surface area contributed by atoms with Crippen LogP contribution in [0.25, 0.3) is 5.57 Å². The van der Waals surface area contributed by atoms with E-state index < -0.39 is 17.6 Å². The van der Waals surface area contributed by atoms with Gasteiger partial charge in [0.05, 0.1) is 12.7 Å². The molecule has 0 unspecified atom stereocenters. The number of hydrogen-bond acceptors (Lipinski definition) is 6. The van der Waals surface area contributed by atoms with Gasteiger partial charge in [0.1, 0.15) is 5.54 Å². The van der Waals surface area contributed by atoms with E-state index >= 15 is 0 Å². The van der Waals surface area contributed by atoms with E-state index in [1.165, 1.54) is 14.2 Å². The standard InChI is InChI=1S/C18H23NO6/c1-11-8-7-9-12(2)13(11)14-15(25-17(21)23-6)18(3,4)19(16(14)20)24-10-22-5/h7-9H,10H2,1-6H3. The van der Waals surface area contributed by atoms with Gasteiger partial charge in [-0.25, -0.2) is 14.7 Å². The molecular weight excluding hydrogens is 326 g/mol. The maximum atomic E-state index is 13.1. The summed E-state index contributed by atoms with van der Waals surface area (Å²) in [4.78, 5) is 30.3. The Labute approximate surface area is 147 Å². The first-order valence-corrected chi connectivity index (χ1v) is 7.79. The van der Waals surface area contributed by atoms with E-state index in [1.54, 1.807) is 13.8 Å². The lowest BCUT2D eigenvalue weighted by atomic mass is 9.93. The molecule has 0 aliphatic carbocycles. The van der Waals surface area contributed by atoms with Crippen molar-refractivity contribution in [3.05, 3.63) is 40.6 Å². The van der Waals surface area contributed by atoms with Gasteiger partial charge in [-0.2, -0.15) is 0 Å². The number of carbonyl (C=O) groups excluding carboxylic acids is 2. The molecule has 0 saturated carbocycles. The second-order valence-corrected chi connectivity index (χ2v) is 6.22. The Morgan fingerprint density at radius 1 is 1.16 bits per heavy atom. The Morgan fingerprint density at radius 2 is 1.76 bits per heavy atom. The molecule has 7 nitrogen and oxygen atoms in total. The molecule has 0 spiro atoms. The molecule has 7 heteroatoms. The molecule has 0 atom stereocenters. The summed E-state index contributed by atoms with van der Waals surface area (Å²) in [5.74, 6) is -0.226. The van der Waals surface area contributed by atoms with Crippen LogP contribution in [-0.2, 0) is 23.8 Å². The summed E-state index contributed by atoms with van der Waals surface area (Å²) < 4.78 is 14.9. The molecule has 1 amide bonds. The molecule has 0 N–H and O–H groups in total. The third-order valence-corrected chi connectivity index (χ3v) is 4.07. The van der Waals surface area contributed by atoms with Gasteiger partial charge in [0, 0.05) is 7.11 Å². The fourth-order valence-corrected chi connectivity index (χ4v) is 2.91. The van der Waals surface area contributed by atoms with Crippen molar-refractivity contribution in [2.75, 3.05) is 21.0 Å². The molecule has 1 aromatic rings. The van der Waals surface area contributed by atoms with Crippen molar-refractivity contribution in [2.45, 2.75) is 33.2 Å². The average molecular weight is 349 g/mol. The highest BCUT2D eigenvalue weighted by Gasteiger charge is 2.50. The molecule has 25 heavy (non-hydrogen) atoms. The summed E-state index contributed by atoms with van der Waals surface area (Å²) in [6.07, 6.45) is -0.895. The number of nitrogens with zero attached hydrogens (tertiary/aromatic N) is 1. The van der Waals surface area contributed by atoms with Crippen LogP contribution in [0.15, 0.2) is 24.0 Å². The van der Waals surface area contributed by atoms with Crippen LogP contribution in [0.3, 0.4) is 0 Å². The van der Waals surface area contributed by atoms with Gasteiger partial charge >= 0.3 is 6.16 Å². The van der Waals surface area contributed by atoms with E-state index in [2.05, 4.69) is 4.74 Å². The molecule has 0 aromatic heterocycles. The minimum Gasteiger partial charge on any atom is -0.437 e. The smallest absolute Gasteiger partial charge is 0.437 e. The van der Waals surface area contributed by atoms with Crippen molar-refractivity contribution in [3.63, 3.8) is 0 Å². The summed E-state index contributed by atoms with van der Waals surface area (Å²) in [5, 5.41) is 1.16. The summed E-state index contributed by atoms with van der Waals surface area (Å²) >= 11 is 0. The van der Waals surface area contributed by atoms with E-state index in [0.717, 1.165) is 16.2 Å². The zero-order valence-electron chi connectivity index (χ0n) is 15.3. The van der Waals surface area contributed by atoms with E-state index in [4.69, 9.17) is 14.3 Å². The van der Waals surface area contributed by atoms with Gasteiger partial charge in [0.15, 0.2) is 12.6 Å². The number of methoxy groups -OCH3 is 2. The summed E-state index contributed by atoms with van der Waals surface area (Å²) in [5.41, 5.74) is 1.75. The number of hydrogen-bond donors (Lipinski definition) is 0. The van der Waals surface area contributed by atoms with Crippen LogP contribution in [-0.4, -0.2) is 43.7 Å². The van der Waals surface area contributed by atoms with E-state index in [9.17, 15) is 9.59 Å². The van der Waals surface area contributed by atoms with Gasteiger partial charge < -0.3 is 14.2 Å². The van der Waals surface area contributed by atoms with Crippen LogP contribution in [0, 0.1) is 13.8 Å². The molecular formula is C18H23NO6. The number of ether oxygens (including phenoxy) is 3. The molecule has 0 radical (unpaired) electrons. The maximum Gasteiger partial charge on any atom is 0.513 e. The molecule has 136 valence electrons. The minimum absolute atomic E-state index is 0.110. The van der Waals surface area contributed by atoms with Crippen molar-refractivity contribution in [3.8, 4) is 0 Å². The van der Waals surface area contributed by atoms with Crippen LogP contribution < -0.4 is 0 Å². The Morgan fingerprint density at radius 3 is 2.28 bits per heavy atom. The zero-order chi connectivity index (χ0) is 18.8. The first-order chi connectivity index (χ1) is 11.8. The van der Waals surface area contributed by atoms with Gasteiger partial charge in [-0.05, 0) is 44.4 Å². The van der Waals surface area contributed by atoms with Crippen molar-refractivity contribution < 1.29 is 28.6 Å². The van der Waals surface area contributed by atoms with E-state index in [1.807, 2.05) is 32.0 Å². The second kappa shape index (κ2) is 7.25. The molecule has 1 heterocycles. The van der Waals surface area contributed by atoms with E-state index in [-0.39, 0.29) is 18.1 Å². The predicted molar refractivity (Wildman–Crippen MR) is 90.2 cm³/mol. The minimum atomic E-state index is -1.02. The zero-order valence-corrected chi connectivity index (χ0v) is 15.3. The van der Waals surface area contributed by atoms with Crippen molar-refractivity contribution in [1.82, 2.24) is 5.06 Å². The largest absolute Gasteiger partial charge is 0.513 e. The third-order valence-electron chi connectivity index (χ3n) is 4.07. The Kier molecular flexibility index (Phi) is 5.49. The number of carbonyl (C=O) groups is 2. The van der Waals surface area contributed by atoms with Gasteiger partial charge in [-0.15, -0.1) is 0 Å². The van der Waals surface area contributed by atoms with Gasteiger partial charge in [0.25, 0.3) is 5.91 Å². The summed E-state index contributed by atoms with van der Waals surface area (Å²) in [6.45, 7) is 7.12. The Balaban J connectivity index is 2.65. The van der Waals surface area contributed by atoms with Crippen LogP contribution in [0.4, 0.5) is 4.79 Å². The molecule has 2 rings (SSSR count). The quantitative estimate of drug-likeness (QED) is 0.601. The number of benzene rings is 1. The van der Waals surface area contributed by atoms with Crippen LogP contribution in [0.1, 0.15) is 30.5 Å². The summed E-state index contributed by atoms with van der Waals surface area (Å²) in [7, 11) is 2.67. The fraction of sp³-hybridized carbons (Fsp3) is 0.444. The first kappa shape index (κ1) is 19.0. The molecule has 0 bridgehead atoms. The molecule has 1 aliphatic rings. The van der Waals surface area contributed by atoms with Gasteiger partial charge in [0.2, 0.25) is 0 Å². The van der Waals surface area contributed by atoms with Crippen molar-refractivity contribution in [2.24, 2.45) is 0 Å². The first-order valence-electron chi connectivity index (χ1n) is 7.79. The van der Waals surface area contributed by atoms with Crippen molar-refractivity contribution >= 4 is 17.6 Å². The Bertz CT molecular complexity index is 702. The number of rotatable bonds is 5. The Hall–Kier alpha value is -2.38. The SMILES string of the molecule is COCON1C(=O)C(c2c(C)cccc2C)=C(OC(=O)OC)C1(C)C. The number of aryl methyl sites for hydroxylation is 2. The average Bonchev–Trinajstić information content (AvgIpc) is 2.73. The maximum absolute atomic E-state index is 13.1. The number of hydroxylamine groups is 2. The lowest BCUT2D eigenvalue weighted by molar-refractivity contribution is -0.238. The highest BCUT2D eigenvalue weighted by atomic mass is 16.8. The van der Waals surface area contributed by atoms with Crippen molar-refractivity contribution in [1.29, 1.82) is 0 Å². The van der Waals surface area contributed by atoms with Gasteiger partial charge in [-0.3, -0.25) is 4.79 Å². The van der Waals surface area contributed by atoms with Crippen LogP contribution in [0.2, 0.25) is 0 Å². The topological polar surface area (TPSA) is 74.3 Å². The third kappa shape index (κ3) is 3.38. The molecule has 0 saturated heterocycles. The predicted octanol–water partition coefficient (Wildman–Crippen LogP) is 2.95. The normalized spacial score (nSPS) is 16.4. The molecule has 1 aromatic carbocycles. The number of amides is 1. The lowest BCUT2D eigenvalue weighted by Crippen LogP contribution is -2.44. The van der Waals surface area contributed by atoms with E-state index in [0.29, 0.717) is 5.56 Å². The van der Waals surface area contributed by atoms with Crippen LogP contribution >= 0.6 is 0 Å². The second-order valence-electron chi connectivity index (χ2n) is 6.22. The van der Waals surface area contributed by atoms with Crippen LogP contribution in [0.5, 0.6) is 0 Å². The highest BCUT2D eigenvalue weighted by Crippen LogP contribution is 2.42. The highest BCUT2D eigenvalue weighted by molar-refractivity contribution is 6.23. The molecule has 1 aliphatic heterocycles. The fourth-order valence-electron chi connectivity index (χ4n) is 2.91. The van der Waals surface area contributed by atoms with Gasteiger partial charge in [-0.1, -0.05) is 18.2 Å².